The number of hydrogen-bond acceptors (Lipinski definition) is 6. The van der Waals surface area contributed by atoms with Gasteiger partial charge in [0.1, 0.15) is 11.4 Å². The van der Waals surface area contributed by atoms with Crippen molar-refractivity contribution in [3.05, 3.63) is 64.8 Å². The van der Waals surface area contributed by atoms with Crippen molar-refractivity contribution in [2.45, 2.75) is 58.4 Å². The maximum atomic E-state index is 12.9. The summed E-state index contributed by atoms with van der Waals surface area (Å²) < 4.78 is 38.6. The van der Waals surface area contributed by atoms with Crippen LogP contribution in [-0.4, -0.2) is 45.1 Å². The molecule has 1 aromatic rings. The van der Waals surface area contributed by atoms with Crippen molar-refractivity contribution < 1.29 is 28.2 Å². The van der Waals surface area contributed by atoms with Crippen LogP contribution in [0.2, 0.25) is 0 Å². The summed E-state index contributed by atoms with van der Waals surface area (Å²) >= 11 is 0. The predicted molar refractivity (Wildman–Crippen MR) is 121 cm³/mol. The van der Waals surface area contributed by atoms with Gasteiger partial charge in [-0.05, 0) is 65.3 Å². The molecule has 0 aliphatic carbocycles. The molecule has 0 saturated carbocycles. The Hall–Kier alpha value is -2.98. The van der Waals surface area contributed by atoms with E-state index >= 15 is 0 Å². The average Bonchev–Trinajstić information content (AvgIpc) is 2.66. The predicted octanol–water partition coefficient (Wildman–Crippen LogP) is 3.51. The first-order valence-electron chi connectivity index (χ1n) is 10.2. The van der Waals surface area contributed by atoms with Gasteiger partial charge in [-0.1, -0.05) is 12.1 Å². The lowest BCUT2D eigenvalue weighted by Crippen LogP contribution is -2.24. The van der Waals surface area contributed by atoms with Crippen molar-refractivity contribution >= 4 is 12.1 Å². The lowest BCUT2D eigenvalue weighted by Gasteiger charge is -2.14. The molecule has 1 aromatic heterocycles. The summed E-state index contributed by atoms with van der Waals surface area (Å²) in [7, 11) is 0. The van der Waals surface area contributed by atoms with Gasteiger partial charge in [0.05, 0.1) is 11.2 Å². The number of aromatic nitrogens is 1. The van der Waals surface area contributed by atoms with E-state index < -0.39 is 34.7 Å². The fourth-order valence-electron chi connectivity index (χ4n) is 2.32. The molecular formula is C23H31F3N4O3. The van der Waals surface area contributed by atoms with Crippen LogP contribution in [-0.2, 0) is 6.18 Å². The summed E-state index contributed by atoms with van der Waals surface area (Å²) in [5.74, 6) is -0.821. The zero-order chi connectivity index (χ0) is 25.4. The van der Waals surface area contributed by atoms with Crippen LogP contribution in [0, 0.1) is 0 Å². The second-order valence-corrected chi connectivity index (χ2v) is 8.68. The summed E-state index contributed by atoms with van der Waals surface area (Å²) in [6, 6.07) is 3.05. The van der Waals surface area contributed by atoms with Gasteiger partial charge < -0.3 is 21.3 Å². The van der Waals surface area contributed by atoms with E-state index in [-0.39, 0.29) is 11.4 Å². The van der Waals surface area contributed by atoms with Crippen LogP contribution in [0.1, 0.15) is 57.2 Å². The van der Waals surface area contributed by atoms with Crippen molar-refractivity contribution in [3.8, 4) is 0 Å². The summed E-state index contributed by atoms with van der Waals surface area (Å²) in [6.45, 7) is 8.28. The minimum atomic E-state index is -4.67. The zero-order valence-corrected chi connectivity index (χ0v) is 19.4. The van der Waals surface area contributed by atoms with Gasteiger partial charge in [-0.25, -0.2) is 4.98 Å². The zero-order valence-electron chi connectivity index (χ0n) is 19.4. The van der Waals surface area contributed by atoms with E-state index in [1.54, 1.807) is 27.7 Å². The molecule has 0 radical (unpaired) electrons. The maximum Gasteiger partial charge on any atom is 0.433 e. The number of nitrogens with zero attached hydrogens (tertiary/aromatic N) is 2. The number of nitrogens with one attached hydrogen (secondary N) is 1. The SMILES string of the molecule is C\C(=C/C(C=NCCC(C)(C)O)=C(N)\C=C\C(C)(C)O)NC(=O)c1cccc(C(F)(F)F)n1. The number of carbonyl (C=O) groups excluding carboxylic acids is 1. The van der Waals surface area contributed by atoms with E-state index in [1.165, 1.54) is 37.4 Å². The molecule has 0 spiro atoms. The Morgan fingerprint density at radius 2 is 1.85 bits per heavy atom. The van der Waals surface area contributed by atoms with Gasteiger partial charge in [0, 0.05) is 29.7 Å². The highest BCUT2D eigenvalue weighted by atomic mass is 19.4. The molecule has 1 heterocycles. The summed E-state index contributed by atoms with van der Waals surface area (Å²) in [6.07, 6.45) is 1.63. The number of rotatable bonds is 9. The molecule has 33 heavy (non-hydrogen) atoms. The Kier molecular flexibility index (Phi) is 9.56. The van der Waals surface area contributed by atoms with Gasteiger partial charge in [0.15, 0.2) is 0 Å². The smallest absolute Gasteiger partial charge is 0.398 e. The largest absolute Gasteiger partial charge is 0.433 e. The van der Waals surface area contributed by atoms with Gasteiger partial charge >= 0.3 is 6.18 Å². The number of allylic oxidation sites excluding steroid dienone is 4. The van der Waals surface area contributed by atoms with Crippen molar-refractivity contribution in [2.24, 2.45) is 10.7 Å². The molecule has 0 aromatic carbocycles. The van der Waals surface area contributed by atoms with Crippen LogP contribution >= 0.6 is 0 Å². The third-order valence-corrected chi connectivity index (χ3v) is 4.04. The number of carbonyl (C=O) groups is 1. The van der Waals surface area contributed by atoms with Crippen LogP contribution in [0.25, 0.3) is 0 Å². The Bertz CT molecular complexity index is 951. The number of halogens is 3. The highest BCUT2D eigenvalue weighted by Gasteiger charge is 2.32. The molecule has 0 aliphatic heterocycles. The monoisotopic (exact) mass is 468 g/mol. The molecule has 0 unspecified atom stereocenters. The minimum Gasteiger partial charge on any atom is -0.398 e. The minimum absolute atomic E-state index is 0.231. The van der Waals surface area contributed by atoms with E-state index in [2.05, 4.69) is 15.3 Å². The van der Waals surface area contributed by atoms with Crippen LogP contribution < -0.4 is 11.1 Å². The molecule has 0 saturated heterocycles. The van der Waals surface area contributed by atoms with Crippen LogP contribution in [0.5, 0.6) is 0 Å². The van der Waals surface area contributed by atoms with E-state index in [1.807, 2.05) is 0 Å². The average molecular weight is 469 g/mol. The van der Waals surface area contributed by atoms with Crippen molar-refractivity contribution in [2.75, 3.05) is 6.54 Å². The Labute approximate surface area is 191 Å². The molecular weight excluding hydrogens is 437 g/mol. The quantitative estimate of drug-likeness (QED) is 0.327. The third-order valence-electron chi connectivity index (χ3n) is 4.04. The number of alkyl halides is 3. The van der Waals surface area contributed by atoms with Gasteiger partial charge in [0.25, 0.3) is 5.91 Å². The molecule has 0 bridgehead atoms. The second kappa shape index (κ2) is 11.2. The van der Waals surface area contributed by atoms with E-state index in [9.17, 15) is 28.2 Å². The highest BCUT2D eigenvalue weighted by molar-refractivity contribution is 5.93. The van der Waals surface area contributed by atoms with Gasteiger partial charge in [-0.3, -0.25) is 9.79 Å². The topological polar surface area (TPSA) is 121 Å². The first-order chi connectivity index (χ1) is 15.0. The number of pyridine rings is 1. The Morgan fingerprint density at radius 3 is 2.39 bits per heavy atom. The number of amides is 1. The molecule has 0 aliphatic rings. The van der Waals surface area contributed by atoms with Crippen molar-refractivity contribution in [1.29, 1.82) is 0 Å². The van der Waals surface area contributed by atoms with Crippen LogP contribution in [0.4, 0.5) is 13.2 Å². The highest BCUT2D eigenvalue weighted by Crippen LogP contribution is 2.27. The van der Waals surface area contributed by atoms with E-state index in [4.69, 9.17) is 5.73 Å². The number of hydrogen-bond donors (Lipinski definition) is 4. The standard InChI is InChI=1S/C23H31F3N4O3/c1-15(29-20(31)18-7-6-8-19(30-18)23(24,25)26)13-16(14-28-12-11-22(4,5)33)17(27)9-10-21(2,3)32/h6-10,13-14,32-33H,11-12,27H2,1-5H3,(H,29,31)/b10-9+,15-13+,17-16-,28-14?. The molecule has 5 N–H and O–H groups in total. The first kappa shape index (κ1) is 28.1. The molecule has 7 nitrogen and oxygen atoms in total. The maximum absolute atomic E-state index is 12.9. The Morgan fingerprint density at radius 1 is 1.21 bits per heavy atom. The molecule has 1 rings (SSSR count). The van der Waals surface area contributed by atoms with Gasteiger partial charge in [-0.15, -0.1) is 0 Å². The molecule has 0 fully saturated rings. The van der Waals surface area contributed by atoms with Crippen molar-refractivity contribution in [1.82, 2.24) is 10.3 Å². The summed E-state index contributed by atoms with van der Waals surface area (Å²) in [5, 5.41) is 22.2. The van der Waals surface area contributed by atoms with Gasteiger partial charge in [0.2, 0.25) is 0 Å². The third kappa shape index (κ3) is 11.4. The first-order valence-corrected chi connectivity index (χ1v) is 10.2. The molecule has 182 valence electrons. The van der Waals surface area contributed by atoms with Crippen LogP contribution in [0.3, 0.4) is 0 Å². The van der Waals surface area contributed by atoms with Crippen LogP contribution in [0.15, 0.2) is 58.4 Å². The fraction of sp³-hybridized carbons (Fsp3) is 0.435. The number of aliphatic hydroxyl groups is 2. The van der Waals surface area contributed by atoms with Crippen molar-refractivity contribution in [3.63, 3.8) is 0 Å². The Balaban J connectivity index is 3.15. The number of aliphatic imine (C=N–C) groups is 1. The lowest BCUT2D eigenvalue weighted by molar-refractivity contribution is -0.141. The number of nitrogens with two attached hydrogens (primary N) is 1. The van der Waals surface area contributed by atoms with E-state index in [0.29, 0.717) is 18.5 Å². The van der Waals surface area contributed by atoms with E-state index in [0.717, 1.165) is 12.1 Å². The lowest BCUT2D eigenvalue weighted by atomic mass is 10.1. The summed E-state index contributed by atoms with van der Waals surface area (Å²) in [4.78, 5) is 20.0. The second-order valence-electron chi connectivity index (χ2n) is 8.68. The molecule has 0 atom stereocenters. The molecule has 1 amide bonds. The normalized spacial score (nSPS) is 14.7. The molecule has 10 heteroatoms. The van der Waals surface area contributed by atoms with Gasteiger partial charge in [-0.2, -0.15) is 13.2 Å². The fourth-order valence-corrected chi connectivity index (χ4v) is 2.32. The summed E-state index contributed by atoms with van der Waals surface area (Å²) in [5.41, 5.74) is 3.43.